The van der Waals surface area contributed by atoms with Gasteiger partial charge < -0.3 is 9.30 Å². The summed E-state index contributed by atoms with van der Waals surface area (Å²) in [6, 6.07) is 10.8. The molecule has 0 spiro atoms. The summed E-state index contributed by atoms with van der Waals surface area (Å²) in [5.41, 5.74) is 1.92. The van der Waals surface area contributed by atoms with E-state index in [0.29, 0.717) is 0 Å². The molecule has 3 nitrogen and oxygen atoms in total. The van der Waals surface area contributed by atoms with Gasteiger partial charge in [0.25, 0.3) is 0 Å². The molecular formula is C13H13NO2. The molecule has 82 valence electrons. The first-order valence-corrected chi connectivity index (χ1v) is 5.02. The highest BCUT2D eigenvalue weighted by molar-refractivity contribution is 5.60. The highest BCUT2D eigenvalue weighted by Crippen LogP contribution is 2.20. The summed E-state index contributed by atoms with van der Waals surface area (Å²) in [5, 5.41) is 0. The van der Waals surface area contributed by atoms with E-state index in [4.69, 9.17) is 4.74 Å². The summed E-state index contributed by atoms with van der Waals surface area (Å²) in [6.45, 7) is 0. The van der Waals surface area contributed by atoms with Crippen molar-refractivity contribution in [3.8, 4) is 17.0 Å². The summed E-state index contributed by atoms with van der Waals surface area (Å²) in [6.07, 6.45) is 1.77. The van der Waals surface area contributed by atoms with Gasteiger partial charge in [0.05, 0.1) is 12.8 Å². The molecule has 0 saturated heterocycles. The Balaban J connectivity index is 2.50. The number of nitrogens with zero attached hydrogens (tertiary/aromatic N) is 1. The Morgan fingerprint density at radius 3 is 2.44 bits per heavy atom. The number of rotatable bonds is 2. The van der Waals surface area contributed by atoms with Crippen LogP contribution in [0.2, 0.25) is 0 Å². The SMILES string of the molecule is COc1ccc(-c2cc(=O)ccn2C)cc1. The summed E-state index contributed by atoms with van der Waals surface area (Å²) in [5.74, 6) is 0.810. The Labute approximate surface area is 93.9 Å². The minimum absolute atomic E-state index is 0.0175. The molecule has 1 aromatic heterocycles. The van der Waals surface area contributed by atoms with Crippen molar-refractivity contribution in [3.05, 3.63) is 52.8 Å². The Morgan fingerprint density at radius 2 is 1.81 bits per heavy atom. The molecular weight excluding hydrogens is 202 g/mol. The molecule has 2 rings (SSSR count). The lowest BCUT2D eigenvalue weighted by Gasteiger charge is -2.08. The van der Waals surface area contributed by atoms with Gasteiger partial charge in [-0.1, -0.05) is 0 Å². The first-order chi connectivity index (χ1) is 7.70. The Morgan fingerprint density at radius 1 is 1.12 bits per heavy atom. The first-order valence-electron chi connectivity index (χ1n) is 5.02. The maximum absolute atomic E-state index is 11.3. The van der Waals surface area contributed by atoms with Gasteiger partial charge in [0.15, 0.2) is 5.43 Å². The van der Waals surface area contributed by atoms with E-state index in [9.17, 15) is 4.79 Å². The van der Waals surface area contributed by atoms with E-state index in [1.165, 1.54) is 0 Å². The number of ether oxygens (including phenoxy) is 1. The minimum Gasteiger partial charge on any atom is -0.497 e. The molecule has 1 heterocycles. The highest BCUT2D eigenvalue weighted by Gasteiger charge is 2.01. The average molecular weight is 215 g/mol. The second-order valence-corrected chi connectivity index (χ2v) is 3.59. The van der Waals surface area contributed by atoms with Gasteiger partial charge in [-0.25, -0.2) is 0 Å². The zero-order valence-electron chi connectivity index (χ0n) is 9.31. The highest BCUT2D eigenvalue weighted by atomic mass is 16.5. The zero-order valence-corrected chi connectivity index (χ0v) is 9.31. The van der Waals surface area contributed by atoms with Crippen molar-refractivity contribution in [1.29, 1.82) is 0 Å². The molecule has 16 heavy (non-hydrogen) atoms. The molecule has 0 aliphatic carbocycles. The summed E-state index contributed by atoms with van der Waals surface area (Å²) < 4.78 is 7.01. The standard InChI is InChI=1S/C13H13NO2/c1-14-8-7-11(15)9-13(14)10-3-5-12(16-2)6-4-10/h3-9H,1-2H3. The predicted molar refractivity (Wildman–Crippen MR) is 63.7 cm³/mol. The monoisotopic (exact) mass is 215 g/mol. The van der Waals surface area contributed by atoms with Crippen LogP contribution in [-0.4, -0.2) is 11.7 Å². The fraction of sp³-hybridized carbons (Fsp3) is 0.154. The third-order valence-corrected chi connectivity index (χ3v) is 2.51. The molecule has 0 aliphatic heterocycles. The van der Waals surface area contributed by atoms with Crippen molar-refractivity contribution < 1.29 is 4.74 Å². The third-order valence-electron chi connectivity index (χ3n) is 2.51. The molecule has 0 fully saturated rings. The van der Waals surface area contributed by atoms with Crippen LogP contribution in [0, 0.1) is 0 Å². The maximum Gasteiger partial charge on any atom is 0.182 e. The van der Waals surface area contributed by atoms with Crippen LogP contribution in [-0.2, 0) is 7.05 Å². The average Bonchev–Trinajstić information content (AvgIpc) is 2.32. The zero-order chi connectivity index (χ0) is 11.5. The number of benzene rings is 1. The molecule has 0 amide bonds. The molecule has 1 aromatic carbocycles. The van der Waals surface area contributed by atoms with Crippen LogP contribution < -0.4 is 10.2 Å². The molecule has 0 radical (unpaired) electrons. The fourth-order valence-corrected chi connectivity index (χ4v) is 1.60. The molecule has 0 saturated carbocycles. The Kier molecular flexibility index (Phi) is 2.77. The number of methoxy groups -OCH3 is 1. The van der Waals surface area contributed by atoms with Crippen LogP contribution in [0.15, 0.2) is 47.4 Å². The second kappa shape index (κ2) is 4.23. The number of pyridine rings is 1. The van der Waals surface area contributed by atoms with Gasteiger partial charge in [-0.2, -0.15) is 0 Å². The van der Waals surface area contributed by atoms with Crippen molar-refractivity contribution in [1.82, 2.24) is 4.57 Å². The Bertz CT molecular complexity index is 541. The van der Waals surface area contributed by atoms with Gasteiger partial charge >= 0.3 is 0 Å². The molecule has 0 N–H and O–H groups in total. The van der Waals surface area contributed by atoms with E-state index in [0.717, 1.165) is 17.0 Å². The number of hydrogen-bond donors (Lipinski definition) is 0. The number of aromatic nitrogens is 1. The van der Waals surface area contributed by atoms with E-state index < -0.39 is 0 Å². The smallest absolute Gasteiger partial charge is 0.182 e. The van der Waals surface area contributed by atoms with E-state index in [-0.39, 0.29) is 5.43 Å². The normalized spacial score (nSPS) is 10.1. The number of hydrogen-bond acceptors (Lipinski definition) is 2. The van der Waals surface area contributed by atoms with Crippen LogP contribution in [0.1, 0.15) is 0 Å². The van der Waals surface area contributed by atoms with Crippen LogP contribution >= 0.6 is 0 Å². The number of aryl methyl sites for hydroxylation is 1. The predicted octanol–water partition coefficient (Wildman–Crippen LogP) is 2.06. The van der Waals surface area contributed by atoms with Crippen LogP contribution in [0.5, 0.6) is 5.75 Å². The summed E-state index contributed by atoms with van der Waals surface area (Å²) in [7, 11) is 3.55. The first kappa shape index (κ1) is 10.5. The van der Waals surface area contributed by atoms with Gasteiger partial charge in [-0.3, -0.25) is 4.79 Å². The van der Waals surface area contributed by atoms with E-state index in [1.54, 1.807) is 25.4 Å². The molecule has 0 unspecified atom stereocenters. The maximum atomic E-state index is 11.3. The lowest BCUT2D eigenvalue weighted by Crippen LogP contribution is -2.04. The van der Waals surface area contributed by atoms with E-state index in [1.807, 2.05) is 35.9 Å². The largest absolute Gasteiger partial charge is 0.497 e. The second-order valence-electron chi connectivity index (χ2n) is 3.59. The van der Waals surface area contributed by atoms with Gasteiger partial charge in [0.2, 0.25) is 0 Å². The van der Waals surface area contributed by atoms with Gasteiger partial charge in [-0.15, -0.1) is 0 Å². The molecule has 0 atom stereocenters. The van der Waals surface area contributed by atoms with Crippen LogP contribution in [0.4, 0.5) is 0 Å². The molecule has 0 bridgehead atoms. The van der Waals surface area contributed by atoms with Crippen molar-refractivity contribution in [2.24, 2.45) is 7.05 Å². The minimum atomic E-state index is 0.0175. The van der Waals surface area contributed by atoms with Crippen molar-refractivity contribution >= 4 is 0 Å². The molecule has 0 aliphatic rings. The molecule has 3 heteroatoms. The van der Waals surface area contributed by atoms with Crippen molar-refractivity contribution in [2.45, 2.75) is 0 Å². The van der Waals surface area contributed by atoms with Gasteiger partial charge in [-0.05, 0) is 29.8 Å². The molecule has 2 aromatic rings. The summed E-state index contributed by atoms with van der Waals surface area (Å²) in [4.78, 5) is 11.3. The van der Waals surface area contributed by atoms with Gasteiger partial charge in [0, 0.05) is 25.4 Å². The van der Waals surface area contributed by atoms with Crippen molar-refractivity contribution in [3.63, 3.8) is 0 Å². The van der Waals surface area contributed by atoms with Crippen molar-refractivity contribution in [2.75, 3.05) is 7.11 Å². The Hall–Kier alpha value is -2.03. The topological polar surface area (TPSA) is 31.2 Å². The summed E-state index contributed by atoms with van der Waals surface area (Å²) >= 11 is 0. The fourth-order valence-electron chi connectivity index (χ4n) is 1.60. The van der Waals surface area contributed by atoms with E-state index in [2.05, 4.69) is 0 Å². The van der Waals surface area contributed by atoms with E-state index >= 15 is 0 Å². The lowest BCUT2D eigenvalue weighted by atomic mass is 10.1. The van der Waals surface area contributed by atoms with Gasteiger partial charge in [0.1, 0.15) is 5.75 Å². The van der Waals surface area contributed by atoms with Crippen LogP contribution in [0.3, 0.4) is 0 Å². The quantitative estimate of drug-likeness (QED) is 0.767. The van der Waals surface area contributed by atoms with Crippen LogP contribution in [0.25, 0.3) is 11.3 Å². The lowest BCUT2D eigenvalue weighted by molar-refractivity contribution is 0.415. The third kappa shape index (κ3) is 1.98.